The first-order valence-corrected chi connectivity index (χ1v) is 9.07. The van der Waals surface area contributed by atoms with E-state index in [1.807, 2.05) is 0 Å². The molecule has 0 aromatic heterocycles. The van der Waals surface area contributed by atoms with Gasteiger partial charge in [-0.05, 0) is 49.4 Å². The molecular weight excluding hydrogens is 364 g/mol. The predicted octanol–water partition coefficient (Wildman–Crippen LogP) is 3.81. The quantitative estimate of drug-likeness (QED) is 0.425. The molecule has 3 rings (SSSR count). The lowest BCUT2D eigenvalue weighted by Crippen LogP contribution is -2.15. The van der Waals surface area contributed by atoms with Crippen LogP contribution in [0.4, 0.5) is 11.4 Å². The maximum absolute atomic E-state index is 12.4. The summed E-state index contributed by atoms with van der Waals surface area (Å²) >= 11 is 0. The van der Waals surface area contributed by atoms with Gasteiger partial charge in [-0.1, -0.05) is 12.1 Å². The maximum Gasteiger partial charge on any atom is 0.312 e. The van der Waals surface area contributed by atoms with E-state index in [4.69, 9.17) is 9.47 Å². The maximum atomic E-state index is 12.4. The highest BCUT2D eigenvalue weighted by atomic mass is 16.6. The monoisotopic (exact) mass is 386 g/mol. The molecule has 2 aromatic rings. The van der Waals surface area contributed by atoms with Gasteiger partial charge in [-0.3, -0.25) is 14.9 Å². The van der Waals surface area contributed by atoms with Gasteiger partial charge in [0.05, 0.1) is 30.2 Å². The molecule has 0 unspecified atom stereocenters. The van der Waals surface area contributed by atoms with Crippen LogP contribution in [0.2, 0.25) is 0 Å². The molecule has 1 aliphatic carbocycles. The first kappa shape index (κ1) is 19.5. The summed E-state index contributed by atoms with van der Waals surface area (Å²) in [5.74, 6) is 0.221. The lowest BCUT2D eigenvalue weighted by Gasteiger charge is -2.17. The number of nitrogens with zero attached hydrogens (tertiary/aromatic N) is 1. The fraction of sp³-hybridized carbons (Fsp3) is 0.350. The Kier molecular flexibility index (Phi) is 5.98. The van der Waals surface area contributed by atoms with Crippen LogP contribution < -0.4 is 14.8 Å². The molecule has 2 N–H and O–H groups in total. The third-order valence-corrected chi connectivity index (χ3v) is 4.67. The summed E-state index contributed by atoms with van der Waals surface area (Å²) in [6.07, 6.45) is 4.45. The van der Waals surface area contributed by atoms with Gasteiger partial charge < -0.3 is 19.9 Å². The molecule has 1 amide bonds. The highest BCUT2D eigenvalue weighted by molar-refractivity contribution is 5.94. The molecule has 0 radical (unpaired) electrons. The van der Waals surface area contributed by atoms with E-state index in [1.54, 1.807) is 25.3 Å². The zero-order valence-electron chi connectivity index (χ0n) is 15.5. The van der Waals surface area contributed by atoms with Gasteiger partial charge in [0.2, 0.25) is 11.7 Å². The number of rotatable bonds is 7. The second kappa shape index (κ2) is 8.60. The Bertz CT molecular complexity index is 877. The number of benzene rings is 2. The Morgan fingerprint density at radius 2 is 2.00 bits per heavy atom. The summed E-state index contributed by atoms with van der Waals surface area (Å²) in [5, 5.41) is 23.4. The SMILES string of the molecule is COc1ccc(CC(=O)Nc2cccc([N+](=O)[O-])c2O)cc1OC1CCCC1. The number of nitrogens with one attached hydrogen (secondary N) is 1. The van der Waals surface area contributed by atoms with Gasteiger partial charge >= 0.3 is 5.69 Å². The summed E-state index contributed by atoms with van der Waals surface area (Å²) in [7, 11) is 1.56. The predicted molar refractivity (Wildman–Crippen MR) is 103 cm³/mol. The summed E-state index contributed by atoms with van der Waals surface area (Å²) < 4.78 is 11.4. The first-order chi connectivity index (χ1) is 13.5. The van der Waals surface area contributed by atoms with Crippen LogP contribution in [0.15, 0.2) is 36.4 Å². The molecule has 0 atom stereocenters. The molecule has 28 heavy (non-hydrogen) atoms. The molecular formula is C20H22N2O6. The second-order valence-electron chi connectivity index (χ2n) is 6.66. The van der Waals surface area contributed by atoms with Gasteiger partial charge in [0, 0.05) is 6.07 Å². The van der Waals surface area contributed by atoms with Crippen LogP contribution >= 0.6 is 0 Å². The van der Waals surface area contributed by atoms with E-state index in [-0.39, 0.29) is 18.2 Å². The number of phenolic OH excluding ortho intramolecular Hbond substituents is 1. The van der Waals surface area contributed by atoms with Crippen LogP contribution in [0, 0.1) is 10.1 Å². The highest BCUT2D eigenvalue weighted by Crippen LogP contribution is 2.34. The molecule has 1 saturated carbocycles. The van der Waals surface area contributed by atoms with Crippen LogP contribution in [-0.4, -0.2) is 29.2 Å². The van der Waals surface area contributed by atoms with Crippen molar-refractivity contribution in [1.29, 1.82) is 0 Å². The van der Waals surface area contributed by atoms with Crippen LogP contribution in [-0.2, 0) is 11.2 Å². The van der Waals surface area contributed by atoms with Crippen LogP contribution in [0.1, 0.15) is 31.2 Å². The average Bonchev–Trinajstić information content (AvgIpc) is 3.16. The number of ether oxygens (including phenoxy) is 2. The molecule has 0 aliphatic heterocycles. The summed E-state index contributed by atoms with van der Waals surface area (Å²) in [6, 6.07) is 9.24. The number of methoxy groups -OCH3 is 1. The number of nitro benzene ring substituents is 1. The van der Waals surface area contributed by atoms with Crippen molar-refractivity contribution < 1.29 is 24.3 Å². The van der Waals surface area contributed by atoms with E-state index < -0.39 is 22.3 Å². The number of carbonyl (C=O) groups excluding carboxylic acids is 1. The Balaban J connectivity index is 1.71. The van der Waals surface area contributed by atoms with E-state index in [1.165, 1.54) is 18.2 Å². The van der Waals surface area contributed by atoms with Crippen LogP contribution in [0.25, 0.3) is 0 Å². The average molecular weight is 386 g/mol. The van der Waals surface area contributed by atoms with Gasteiger partial charge in [-0.2, -0.15) is 0 Å². The first-order valence-electron chi connectivity index (χ1n) is 9.07. The molecule has 0 spiro atoms. The fourth-order valence-corrected chi connectivity index (χ4v) is 3.27. The molecule has 2 aromatic carbocycles. The fourth-order valence-electron chi connectivity index (χ4n) is 3.27. The number of hydrogen-bond donors (Lipinski definition) is 2. The number of aromatic hydroxyl groups is 1. The minimum atomic E-state index is -0.707. The lowest BCUT2D eigenvalue weighted by molar-refractivity contribution is -0.385. The van der Waals surface area contributed by atoms with E-state index >= 15 is 0 Å². The van der Waals surface area contributed by atoms with Crippen molar-refractivity contribution in [2.24, 2.45) is 0 Å². The van der Waals surface area contributed by atoms with Gasteiger partial charge in [0.25, 0.3) is 0 Å². The number of phenols is 1. The zero-order chi connectivity index (χ0) is 20.1. The Morgan fingerprint density at radius 3 is 2.68 bits per heavy atom. The van der Waals surface area contributed by atoms with Crippen molar-refractivity contribution >= 4 is 17.3 Å². The summed E-state index contributed by atoms with van der Waals surface area (Å²) in [4.78, 5) is 22.6. The number of anilines is 1. The third-order valence-electron chi connectivity index (χ3n) is 4.67. The number of para-hydroxylation sites is 1. The van der Waals surface area contributed by atoms with Crippen LogP contribution in [0.5, 0.6) is 17.2 Å². The molecule has 8 heteroatoms. The third kappa shape index (κ3) is 4.51. The van der Waals surface area contributed by atoms with Crippen molar-refractivity contribution in [3.05, 3.63) is 52.1 Å². The summed E-state index contributed by atoms with van der Waals surface area (Å²) in [6.45, 7) is 0. The molecule has 0 bridgehead atoms. The van der Waals surface area contributed by atoms with Gasteiger partial charge in [-0.25, -0.2) is 0 Å². The van der Waals surface area contributed by atoms with E-state index in [9.17, 15) is 20.0 Å². The Labute approximate surface area is 162 Å². The minimum absolute atomic E-state index is 0.00450. The second-order valence-corrected chi connectivity index (χ2v) is 6.66. The highest BCUT2D eigenvalue weighted by Gasteiger charge is 2.20. The van der Waals surface area contributed by atoms with Gasteiger partial charge in [0.1, 0.15) is 0 Å². The van der Waals surface area contributed by atoms with Crippen molar-refractivity contribution in [1.82, 2.24) is 0 Å². The van der Waals surface area contributed by atoms with Crippen molar-refractivity contribution in [3.63, 3.8) is 0 Å². The van der Waals surface area contributed by atoms with E-state index in [0.29, 0.717) is 17.1 Å². The van der Waals surface area contributed by atoms with Crippen molar-refractivity contribution in [3.8, 4) is 17.2 Å². The number of nitro groups is 1. The molecule has 0 heterocycles. The lowest BCUT2D eigenvalue weighted by atomic mass is 10.1. The normalized spacial score (nSPS) is 13.9. The summed E-state index contributed by atoms with van der Waals surface area (Å²) in [5.41, 5.74) is 0.237. The largest absolute Gasteiger partial charge is 0.501 e. The van der Waals surface area contributed by atoms with Crippen molar-refractivity contribution in [2.45, 2.75) is 38.2 Å². The number of amides is 1. The van der Waals surface area contributed by atoms with Gasteiger partial charge in [0.15, 0.2) is 11.5 Å². The molecule has 148 valence electrons. The molecule has 8 nitrogen and oxygen atoms in total. The van der Waals surface area contributed by atoms with Crippen LogP contribution in [0.3, 0.4) is 0 Å². The minimum Gasteiger partial charge on any atom is -0.501 e. The zero-order valence-corrected chi connectivity index (χ0v) is 15.5. The molecule has 1 aliphatic rings. The topological polar surface area (TPSA) is 111 Å². The van der Waals surface area contributed by atoms with Gasteiger partial charge in [-0.15, -0.1) is 0 Å². The molecule has 1 fully saturated rings. The standard InChI is InChI=1S/C20H22N2O6/c1-27-17-10-9-13(11-18(17)28-14-5-2-3-6-14)12-19(23)21-15-7-4-8-16(20(15)24)22(25)26/h4,7-11,14,24H,2-3,5-6,12H2,1H3,(H,21,23). The molecule has 0 saturated heterocycles. The Morgan fingerprint density at radius 1 is 1.25 bits per heavy atom. The van der Waals surface area contributed by atoms with E-state index in [2.05, 4.69) is 5.32 Å². The van der Waals surface area contributed by atoms with Crippen molar-refractivity contribution in [2.75, 3.05) is 12.4 Å². The number of hydrogen-bond acceptors (Lipinski definition) is 6. The van der Waals surface area contributed by atoms with E-state index in [0.717, 1.165) is 25.7 Å². The Hall–Kier alpha value is -3.29. The smallest absolute Gasteiger partial charge is 0.312 e. The number of carbonyl (C=O) groups is 1.